The highest BCUT2D eigenvalue weighted by Gasteiger charge is 2.40. The highest BCUT2D eigenvalue weighted by molar-refractivity contribution is 9.09. The number of halogens is 2. The first-order valence-electron chi connectivity index (χ1n) is 7.08. The Morgan fingerprint density at radius 2 is 2.06 bits per heavy atom. The van der Waals surface area contributed by atoms with Gasteiger partial charge in [-0.2, -0.15) is 0 Å². The third-order valence-electron chi connectivity index (χ3n) is 5.00. The Hall–Kier alpha value is -0.0100. The van der Waals surface area contributed by atoms with Crippen LogP contribution >= 0.6 is 27.5 Å². The van der Waals surface area contributed by atoms with Crippen molar-refractivity contribution in [2.24, 2.45) is 17.8 Å². The average Bonchev–Trinajstić information content (AvgIpc) is 2.99. The summed E-state index contributed by atoms with van der Waals surface area (Å²) in [6.45, 7) is 0. The lowest BCUT2D eigenvalue weighted by molar-refractivity contribution is 0.301. The minimum Gasteiger partial charge on any atom is -0.0921 e. The van der Waals surface area contributed by atoms with E-state index in [1.165, 1.54) is 37.7 Å². The Morgan fingerprint density at radius 3 is 2.67 bits per heavy atom. The molecule has 0 heterocycles. The molecular weight excluding hydrogens is 308 g/mol. The minimum atomic E-state index is 0.586. The summed E-state index contributed by atoms with van der Waals surface area (Å²) in [6, 6.07) is 8.35. The first kappa shape index (κ1) is 13.0. The zero-order chi connectivity index (χ0) is 12.5. The molecule has 0 saturated heterocycles. The lowest BCUT2D eigenvalue weighted by atomic mass is 9.81. The van der Waals surface area contributed by atoms with Gasteiger partial charge in [0.25, 0.3) is 0 Å². The van der Waals surface area contributed by atoms with Crippen molar-refractivity contribution in [2.45, 2.75) is 38.0 Å². The number of alkyl halides is 1. The summed E-state index contributed by atoms with van der Waals surface area (Å²) >= 11 is 10.0. The van der Waals surface area contributed by atoms with E-state index in [4.69, 9.17) is 11.6 Å². The molecule has 2 saturated carbocycles. The molecule has 98 valence electrons. The van der Waals surface area contributed by atoms with E-state index in [1.54, 1.807) is 0 Å². The van der Waals surface area contributed by atoms with Gasteiger partial charge in [0.2, 0.25) is 0 Å². The van der Waals surface area contributed by atoms with Crippen molar-refractivity contribution in [3.63, 3.8) is 0 Å². The summed E-state index contributed by atoms with van der Waals surface area (Å²) in [6.07, 6.45) is 7.26. The molecular formula is C16H20BrCl. The Kier molecular flexibility index (Phi) is 4.00. The van der Waals surface area contributed by atoms with Crippen molar-refractivity contribution in [3.8, 4) is 0 Å². The van der Waals surface area contributed by atoms with E-state index in [9.17, 15) is 0 Å². The zero-order valence-corrected chi connectivity index (χ0v) is 13.0. The summed E-state index contributed by atoms with van der Waals surface area (Å²) in [5.74, 6) is 3.59. The molecule has 0 N–H and O–H groups in total. The van der Waals surface area contributed by atoms with Gasteiger partial charge in [-0.3, -0.25) is 0 Å². The second-order valence-corrected chi connectivity index (χ2v) is 7.10. The molecule has 0 aliphatic heterocycles. The molecule has 0 radical (unpaired) electrons. The fraction of sp³-hybridized carbons (Fsp3) is 0.625. The number of fused-ring (bicyclic) bond motifs is 2. The highest BCUT2D eigenvalue weighted by atomic mass is 79.9. The van der Waals surface area contributed by atoms with Gasteiger partial charge in [-0.15, -0.1) is 0 Å². The van der Waals surface area contributed by atoms with Crippen molar-refractivity contribution in [1.82, 2.24) is 0 Å². The van der Waals surface area contributed by atoms with Gasteiger partial charge in [-0.25, -0.2) is 0 Å². The van der Waals surface area contributed by atoms with Crippen LogP contribution in [0.5, 0.6) is 0 Å². The lowest BCUT2D eigenvalue weighted by Crippen LogP contribution is -2.15. The van der Waals surface area contributed by atoms with E-state index < -0.39 is 0 Å². The summed E-state index contributed by atoms with van der Waals surface area (Å²) in [5.41, 5.74) is 1.33. The number of benzene rings is 1. The van der Waals surface area contributed by atoms with E-state index in [-0.39, 0.29) is 0 Å². The molecule has 4 atom stereocenters. The van der Waals surface area contributed by atoms with E-state index in [0.29, 0.717) is 5.92 Å². The van der Waals surface area contributed by atoms with Crippen molar-refractivity contribution in [3.05, 3.63) is 34.9 Å². The van der Waals surface area contributed by atoms with Gasteiger partial charge in [0.05, 0.1) is 0 Å². The monoisotopic (exact) mass is 326 g/mol. The topological polar surface area (TPSA) is 0 Å². The molecule has 1 aromatic carbocycles. The molecule has 4 unspecified atom stereocenters. The molecule has 2 fully saturated rings. The van der Waals surface area contributed by atoms with E-state index in [2.05, 4.69) is 28.1 Å². The first-order chi connectivity index (χ1) is 8.78. The molecule has 0 amide bonds. The average molecular weight is 328 g/mol. The van der Waals surface area contributed by atoms with Gasteiger partial charge in [-0.1, -0.05) is 52.2 Å². The fourth-order valence-electron chi connectivity index (χ4n) is 4.11. The molecule has 2 bridgehead atoms. The van der Waals surface area contributed by atoms with Gasteiger partial charge in [0.1, 0.15) is 0 Å². The molecule has 0 spiro atoms. The van der Waals surface area contributed by atoms with Gasteiger partial charge in [-0.05, 0) is 61.0 Å². The van der Waals surface area contributed by atoms with Gasteiger partial charge < -0.3 is 0 Å². The maximum atomic E-state index is 6.34. The predicted molar refractivity (Wildman–Crippen MR) is 81.5 cm³/mol. The number of rotatable bonds is 4. The molecule has 1 aromatic rings. The van der Waals surface area contributed by atoms with Crippen molar-refractivity contribution in [1.29, 1.82) is 0 Å². The molecule has 2 aliphatic rings. The normalized spacial score (nSPS) is 31.8. The van der Waals surface area contributed by atoms with Crippen LogP contribution in [-0.4, -0.2) is 5.33 Å². The fourth-order valence-corrected chi connectivity index (χ4v) is 5.01. The van der Waals surface area contributed by atoms with Crippen LogP contribution < -0.4 is 0 Å². The summed E-state index contributed by atoms with van der Waals surface area (Å²) in [5, 5.41) is 1.97. The first-order valence-corrected chi connectivity index (χ1v) is 8.58. The summed E-state index contributed by atoms with van der Waals surface area (Å²) in [7, 11) is 0. The van der Waals surface area contributed by atoms with E-state index in [1.807, 2.05) is 12.1 Å². The van der Waals surface area contributed by atoms with Crippen LogP contribution in [0.3, 0.4) is 0 Å². The van der Waals surface area contributed by atoms with Crippen LogP contribution in [0, 0.1) is 17.8 Å². The van der Waals surface area contributed by atoms with Crippen LogP contribution in [0.2, 0.25) is 5.02 Å². The Bertz CT molecular complexity index is 417. The second kappa shape index (κ2) is 5.54. The van der Waals surface area contributed by atoms with Crippen LogP contribution in [0.25, 0.3) is 0 Å². The Labute approximate surface area is 123 Å². The quantitative estimate of drug-likeness (QED) is 0.627. The highest BCUT2D eigenvalue weighted by Crippen LogP contribution is 2.51. The van der Waals surface area contributed by atoms with Crippen LogP contribution in [-0.2, 0) is 0 Å². The van der Waals surface area contributed by atoms with Gasteiger partial charge in [0.15, 0.2) is 0 Å². The maximum absolute atomic E-state index is 6.34. The van der Waals surface area contributed by atoms with Gasteiger partial charge in [0, 0.05) is 10.4 Å². The lowest BCUT2D eigenvalue weighted by Gasteiger charge is -2.26. The molecule has 3 rings (SSSR count). The van der Waals surface area contributed by atoms with Crippen molar-refractivity contribution < 1.29 is 0 Å². The van der Waals surface area contributed by atoms with Crippen LogP contribution in [0.15, 0.2) is 24.3 Å². The Balaban J connectivity index is 1.72. The molecule has 2 aliphatic carbocycles. The van der Waals surface area contributed by atoms with Gasteiger partial charge >= 0.3 is 0 Å². The summed E-state index contributed by atoms with van der Waals surface area (Å²) in [4.78, 5) is 0. The third-order valence-corrected chi connectivity index (χ3v) is 6.13. The predicted octanol–water partition coefficient (Wildman–Crippen LogP) is 5.64. The van der Waals surface area contributed by atoms with Crippen molar-refractivity contribution >= 4 is 27.5 Å². The third kappa shape index (κ3) is 2.49. The molecule has 2 heteroatoms. The molecule has 18 heavy (non-hydrogen) atoms. The second-order valence-electron chi connectivity index (χ2n) is 6.04. The minimum absolute atomic E-state index is 0.586. The SMILES string of the molecule is Clc1ccccc1C(CBr)CC1CC2CCC1C2. The molecule has 0 nitrogen and oxygen atoms in total. The Morgan fingerprint density at radius 1 is 1.22 bits per heavy atom. The standard InChI is InChI=1S/C16H20BrCl/c17-10-14(15-3-1-2-4-16(15)18)9-13-8-11-5-6-12(13)7-11/h1-4,11-14H,5-10H2. The van der Waals surface area contributed by atoms with E-state index >= 15 is 0 Å². The van der Waals surface area contributed by atoms with Crippen LogP contribution in [0.4, 0.5) is 0 Å². The number of hydrogen-bond donors (Lipinski definition) is 0. The van der Waals surface area contributed by atoms with E-state index in [0.717, 1.165) is 28.1 Å². The van der Waals surface area contributed by atoms with Crippen molar-refractivity contribution in [2.75, 3.05) is 5.33 Å². The van der Waals surface area contributed by atoms with Crippen LogP contribution in [0.1, 0.15) is 43.6 Å². The number of hydrogen-bond acceptors (Lipinski definition) is 0. The maximum Gasteiger partial charge on any atom is 0.0441 e. The largest absolute Gasteiger partial charge is 0.0921 e. The smallest absolute Gasteiger partial charge is 0.0441 e. The molecule has 0 aromatic heterocycles. The zero-order valence-electron chi connectivity index (χ0n) is 10.6. The summed E-state index contributed by atoms with van der Waals surface area (Å²) < 4.78 is 0.